The standard InChI is InChI=1S/C30H32Cl3N3O4S/c1-21(30(38)34-23-11-4-2-5-12-23)35(19-26-27(32)16-9-17-28(26)33)29(37)20-36(24-13-8-10-22(31)18-24)41(39,40)25-14-6-3-7-15-25/h3,6-10,13-18,21,23H,2,4-5,11-12,19-20H2,1H3,(H,34,38)/t21-/m0/s1. The number of anilines is 1. The molecule has 2 amide bonds. The van der Waals surface area contributed by atoms with Gasteiger partial charge in [0.15, 0.2) is 0 Å². The number of carbonyl (C=O) groups excluding carboxylic acids is 2. The Bertz CT molecular complexity index is 1460. The Hall–Kier alpha value is -2.78. The Morgan fingerprint density at radius 2 is 1.54 bits per heavy atom. The number of benzene rings is 3. The maximum absolute atomic E-state index is 14.1. The summed E-state index contributed by atoms with van der Waals surface area (Å²) in [5.41, 5.74) is 0.673. The largest absolute Gasteiger partial charge is 0.352 e. The van der Waals surface area contributed by atoms with E-state index >= 15 is 0 Å². The Morgan fingerprint density at radius 1 is 0.902 bits per heavy atom. The molecule has 7 nitrogen and oxygen atoms in total. The lowest BCUT2D eigenvalue weighted by Gasteiger charge is -2.33. The van der Waals surface area contributed by atoms with E-state index in [1.165, 1.54) is 23.1 Å². The van der Waals surface area contributed by atoms with Crippen LogP contribution < -0.4 is 9.62 Å². The molecular formula is C30H32Cl3N3O4S. The first kappa shape index (κ1) is 31.2. The van der Waals surface area contributed by atoms with E-state index < -0.39 is 28.5 Å². The van der Waals surface area contributed by atoms with Crippen LogP contribution >= 0.6 is 34.8 Å². The summed E-state index contributed by atoms with van der Waals surface area (Å²) in [6.07, 6.45) is 4.94. The molecule has 0 radical (unpaired) electrons. The zero-order chi connectivity index (χ0) is 29.6. The fourth-order valence-electron chi connectivity index (χ4n) is 4.88. The van der Waals surface area contributed by atoms with Crippen LogP contribution in [0.5, 0.6) is 0 Å². The van der Waals surface area contributed by atoms with Crippen molar-refractivity contribution in [2.75, 3.05) is 10.8 Å². The SMILES string of the molecule is C[C@@H](C(=O)NC1CCCCC1)N(Cc1c(Cl)cccc1Cl)C(=O)CN(c1cccc(Cl)c1)S(=O)(=O)c1ccccc1. The average Bonchev–Trinajstić information content (AvgIpc) is 2.96. The molecule has 3 aromatic carbocycles. The van der Waals surface area contributed by atoms with E-state index in [0.717, 1.165) is 36.4 Å². The normalized spacial score (nSPS) is 14.7. The van der Waals surface area contributed by atoms with Crippen LogP contribution in [0.4, 0.5) is 5.69 Å². The molecule has 1 saturated carbocycles. The van der Waals surface area contributed by atoms with Gasteiger partial charge in [0.2, 0.25) is 11.8 Å². The minimum Gasteiger partial charge on any atom is -0.352 e. The number of amides is 2. The smallest absolute Gasteiger partial charge is 0.264 e. The molecule has 0 bridgehead atoms. The third-order valence-electron chi connectivity index (χ3n) is 7.22. The molecule has 0 aromatic heterocycles. The molecule has 4 rings (SSSR count). The molecule has 0 saturated heterocycles. The number of hydrogen-bond donors (Lipinski definition) is 1. The van der Waals surface area contributed by atoms with E-state index in [9.17, 15) is 18.0 Å². The number of nitrogens with zero attached hydrogens (tertiary/aromatic N) is 2. The highest BCUT2D eigenvalue weighted by Crippen LogP contribution is 2.29. The third-order valence-corrected chi connectivity index (χ3v) is 9.95. The van der Waals surface area contributed by atoms with Gasteiger partial charge in [0.05, 0.1) is 10.6 Å². The van der Waals surface area contributed by atoms with Crippen LogP contribution in [0.3, 0.4) is 0 Å². The fourth-order valence-corrected chi connectivity index (χ4v) is 7.01. The first-order chi connectivity index (χ1) is 19.6. The van der Waals surface area contributed by atoms with Gasteiger partial charge in [0.1, 0.15) is 12.6 Å². The second kappa shape index (κ2) is 13.9. The number of carbonyl (C=O) groups is 2. The van der Waals surface area contributed by atoms with Crippen LogP contribution in [0, 0.1) is 0 Å². The summed E-state index contributed by atoms with van der Waals surface area (Å²) in [6, 6.07) is 18.2. The van der Waals surface area contributed by atoms with E-state index in [2.05, 4.69) is 5.32 Å². The maximum atomic E-state index is 14.1. The van der Waals surface area contributed by atoms with Crippen molar-refractivity contribution in [1.82, 2.24) is 10.2 Å². The molecule has 41 heavy (non-hydrogen) atoms. The summed E-state index contributed by atoms with van der Waals surface area (Å²) in [4.78, 5) is 28.8. The molecule has 218 valence electrons. The molecule has 0 spiro atoms. The summed E-state index contributed by atoms with van der Waals surface area (Å²) in [6.45, 7) is 0.947. The van der Waals surface area contributed by atoms with Crippen LogP contribution in [-0.4, -0.2) is 43.8 Å². The van der Waals surface area contributed by atoms with Crippen molar-refractivity contribution in [2.45, 2.75) is 62.6 Å². The summed E-state index contributed by atoms with van der Waals surface area (Å²) in [7, 11) is -4.18. The van der Waals surface area contributed by atoms with Gasteiger partial charge in [0.25, 0.3) is 10.0 Å². The molecular weight excluding hydrogens is 605 g/mol. The predicted octanol–water partition coefficient (Wildman–Crippen LogP) is 6.71. The second-order valence-corrected chi connectivity index (χ2v) is 13.2. The van der Waals surface area contributed by atoms with E-state index in [1.807, 2.05) is 0 Å². The highest BCUT2D eigenvalue weighted by molar-refractivity contribution is 7.92. The van der Waals surface area contributed by atoms with Crippen LogP contribution in [0.1, 0.15) is 44.6 Å². The molecule has 1 N–H and O–H groups in total. The van der Waals surface area contributed by atoms with Crippen molar-refractivity contribution in [1.29, 1.82) is 0 Å². The number of hydrogen-bond acceptors (Lipinski definition) is 4. The van der Waals surface area contributed by atoms with E-state index in [0.29, 0.717) is 20.6 Å². The second-order valence-electron chi connectivity index (χ2n) is 10.0. The zero-order valence-corrected chi connectivity index (χ0v) is 25.7. The molecule has 1 aliphatic rings. The van der Waals surface area contributed by atoms with Crippen molar-refractivity contribution in [3.63, 3.8) is 0 Å². The Morgan fingerprint density at radius 3 is 2.17 bits per heavy atom. The van der Waals surface area contributed by atoms with Gasteiger partial charge in [-0.3, -0.25) is 13.9 Å². The Labute approximate surface area is 256 Å². The summed E-state index contributed by atoms with van der Waals surface area (Å²) < 4.78 is 28.7. The molecule has 0 unspecified atom stereocenters. The highest BCUT2D eigenvalue weighted by Gasteiger charge is 2.33. The minimum atomic E-state index is -4.18. The van der Waals surface area contributed by atoms with Gasteiger partial charge < -0.3 is 10.2 Å². The van der Waals surface area contributed by atoms with Crippen LogP contribution in [0.25, 0.3) is 0 Å². The average molecular weight is 637 g/mol. The van der Waals surface area contributed by atoms with Crippen LogP contribution in [0.2, 0.25) is 15.1 Å². The highest BCUT2D eigenvalue weighted by atomic mass is 35.5. The van der Waals surface area contributed by atoms with Crippen LogP contribution in [0.15, 0.2) is 77.7 Å². The molecule has 1 fully saturated rings. The van der Waals surface area contributed by atoms with Crippen molar-refractivity contribution in [2.24, 2.45) is 0 Å². The zero-order valence-electron chi connectivity index (χ0n) is 22.6. The lowest BCUT2D eigenvalue weighted by molar-refractivity contribution is -0.139. The third kappa shape index (κ3) is 7.74. The Balaban J connectivity index is 1.70. The van der Waals surface area contributed by atoms with Gasteiger partial charge in [0, 0.05) is 33.2 Å². The maximum Gasteiger partial charge on any atom is 0.264 e. The van der Waals surface area contributed by atoms with E-state index in [1.54, 1.807) is 61.5 Å². The van der Waals surface area contributed by atoms with Crippen molar-refractivity contribution < 1.29 is 18.0 Å². The fraction of sp³-hybridized carbons (Fsp3) is 0.333. The molecule has 0 aliphatic heterocycles. The molecule has 1 atom stereocenters. The van der Waals surface area contributed by atoms with Gasteiger partial charge in [-0.15, -0.1) is 0 Å². The summed E-state index contributed by atoms with van der Waals surface area (Å²) >= 11 is 19.1. The summed E-state index contributed by atoms with van der Waals surface area (Å²) in [5, 5.41) is 4.04. The topological polar surface area (TPSA) is 86.8 Å². The van der Waals surface area contributed by atoms with Crippen LogP contribution in [-0.2, 0) is 26.2 Å². The Kier molecular flexibility index (Phi) is 10.6. The van der Waals surface area contributed by atoms with Gasteiger partial charge in [-0.1, -0.05) is 84.4 Å². The van der Waals surface area contributed by atoms with Gasteiger partial charge in [-0.25, -0.2) is 8.42 Å². The van der Waals surface area contributed by atoms with E-state index in [-0.39, 0.29) is 29.1 Å². The number of sulfonamides is 1. The van der Waals surface area contributed by atoms with Gasteiger partial charge in [-0.2, -0.15) is 0 Å². The van der Waals surface area contributed by atoms with Crippen molar-refractivity contribution in [3.8, 4) is 0 Å². The summed E-state index contributed by atoms with van der Waals surface area (Å²) in [5.74, 6) is -0.930. The lowest BCUT2D eigenvalue weighted by Crippen LogP contribution is -2.53. The quantitative estimate of drug-likeness (QED) is 0.268. The van der Waals surface area contributed by atoms with Gasteiger partial charge >= 0.3 is 0 Å². The first-order valence-corrected chi connectivity index (χ1v) is 16.0. The lowest BCUT2D eigenvalue weighted by atomic mass is 9.95. The number of rotatable bonds is 10. The van der Waals surface area contributed by atoms with E-state index in [4.69, 9.17) is 34.8 Å². The molecule has 0 heterocycles. The first-order valence-electron chi connectivity index (χ1n) is 13.4. The molecule has 11 heteroatoms. The number of halogens is 3. The van der Waals surface area contributed by atoms with Gasteiger partial charge in [-0.05, 0) is 62.2 Å². The molecule has 1 aliphatic carbocycles. The monoisotopic (exact) mass is 635 g/mol. The molecule has 3 aromatic rings. The van der Waals surface area contributed by atoms with Crippen molar-refractivity contribution >= 4 is 62.3 Å². The predicted molar refractivity (Wildman–Crippen MR) is 164 cm³/mol. The number of nitrogens with one attached hydrogen (secondary N) is 1. The minimum absolute atomic E-state index is 0.0107. The van der Waals surface area contributed by atoms with Crippen molar-refractivity contribution in [3.05, 3.63) is 93.4 Å².